The Morgan fingerprint density at radius 1 is 0.906 bits per heavy atom. The third kappa shape index (κ3) is 3.90. The van der Waals surface area contributed by atoms with Gasteiger partial charge in [0.1, 0.15) is 6.61 Å². The highest BCUT2D eigenvalue weighted by molar-refractivity contribution is 6.36. The molecule has 4 aromatic rings. The molecule has 0 atom stereocenters. The molecule has 5 heteroatoms. The van der Waals surface area contributed by atoms with Crippen molar-refractivity contribution in [2.45, 2.75) is 19.4 Å². The molecule has 158 valence electrons. The molecule has 5 rings (SSSR count). The van der Waals surface area contributed by atoms with Gasteiger partial charge in [0.15, 0.2) is 0 Å². The van der Waals surface area contributed by atoms with E-state index in [4.69, 9.17) is 32.9 Å². The first-order valence-corrected chi connectivity index (χ1v) is 11.1. The number of pyridine rings is 1. The number of carbonyl (C=O) groups is 1. The molecule has 0 aliphatic heterocycles. The fraction of sp³-hybridized carbons (Fsp3) is 0.111. The summed E-state index contributed by atoms with van der Waals surface area (Å²) in [4.78, 5) is 18.2. The molecule has 0 spiro atoms. The monoisotopic (exact) mass is 459 g/mol. The van der Waals surface area contributed by atoms with Gasteiger partial charge in [0, 0.05) is 21.0 Å². The van der Waals surface area contributed by atoms with Crippen LogP contribution in [0.5, 0.6) is 0 Å². The Balaban J connectivity index is 1.56. The Bertz CT molecular complexity index is 1340. The van der Waals surface area contributed by atoms with Crippen LogP contribution >= 0.6 is 23.2 Å². The third-order valence-electron chi connectivity index (χ3n) is 5.70. The molecule has 3 nitrogen and oxygen atoms in total. The molecule has 1 aliphatic carbocycles. The van der Waals surface area contributed by atoms with E-state index in [0.717, 1.165) is 46.1 Å². The van der Waals surface area contributed by atoms with Gasteiger partial charge in [0.2, 0.25) is 0 Å². The Kier molecular flexibility index (Phi) is 5.69. The molecule has 0 fully saturated rings. The predicted molar refractivity (Wildman–Crippen MR) is 130 cm³/mol. The van der Waals surface area contributed by atoms with Gasteiger partial charge < -0.3 is 4.74 Å². The largest absolute Gasteiger partial charge is 0.457 e. The summed E-state index contributed by atoms with van der Waals surface area (Å²) >= 11 is 12.5. The molecule has 1 aliphatic rings. The maximum absolute atomic E-state index is 13.3. The van der Waals surface area contributed by atoms with Crippen molar-refractivity contribution in [3.05, 3.63) is 111 Å². The SMILES string of the molecule is O=C(OCc1c(Cl)cccc1Cl)c1c2c(nc3ccccc13)C(=Cc1ccccc1)CC2. The number of ether oxygens (including phenoxy) is 1. The van der Waals surface area contributed by atoms with E-state index in [0.29, 0.717) is 21.2 Å². The van der Waals surface area contributed by atoms with E-state index in [1.54, 1.807) is 18.2 Å². The molecule has 0 saturated carbocycles. The highest BCUT2D eigenvalue weighted by atomic mass is 35.5. The summed E-state index contributed by atoms with van der Waals surface area (Å²) in [5.74, 6) is -0.392. The van der Waals surface area contributed by atoms with Crippen molar-refractivity contribution in [2.24, 2.45) is 0 Å². The van der Waals surface area contributed by atoms with Crippen LogP contribution in [-0.2, 0) is 17.8 Å². The second kappa shape index (κ2) is 8.78. The predicted octanol–water partition coefficient (Wildman–Crippen LogP) is 7.39. The van der Waals surface area contributed by atoms with Crippen LogP contribution in [0.4, 0.5) is 0 Å². The molecular formula is C27H19Cl2NO2. The summed E-state index contributed by atoms with van der Waals surface area (Å²) in [7, 11) is 0. The van der Waals surface area contributed by atoms with E-state index in [9.17, 15) is 4.79 Å². The lowest BCUT2D eigenvalue weighted by Crippen LogP contribution is -2.11. The average Bonchev–Trinajstić information content (AvgIpc) is 3.19. The van der Waals surface area contributed by atoms with Crippen LogP contribution in [0.25, 0.3) is 22.6 Å². The number of nitrogens with zero attached hydrogens (tertiary/aromatic N) is 1. The van der Waals surface area contributed by atoms with Crippen molar-refractivity contribution >= 4 is 51.7 Å². The van der Waals surface area contributed by atoms with Crippen molar-refractivity contribution in [1.29, 1.82) is 0 Å². The first-order chi connectivity index (χ1) is 15.6. The number of hydrogen-bond acceptors (Lipinski definition) is 3. The molecule has 0 radical (unpaired) electrons. The van der Waals surface area contributed by atoms with E-state index in [1.165, 1.54) is 0 Å². The minimum absolute atomic E-state index is 0.00940. The van der Waals surface area contributed by atoms with Gasteiger partial charge in [0.05, 0.1) is 16.8 Å². The molecule has 32 heavy (non-hydrogen) atoms. The Hall–Kier alpha value is -3.14. The summed E-state index contributed by atoms with van der Waals surface area (Å²) in [5.41, 5.74) is 5.99. The highest BCUT2D eigenvalue weighted by Crippen LogP contribution is 2.38. The fourth-order valence-electron chi connectivity index (χ4n) is 4.14. The van der Waals surface area contributed by atoms with Crippen molar-refractivity contribution < 1.29 is 9.53 Å². The number of hydrogen-bond donors (Lipinski definition) is 0. The van der Waals surface area contributed by atoms with Gasteiger partial charge in [0.25, 0.3) is 0 Å². The smallest absolute Gasteiger partial charge is 0.339 e. The van der Waals surface area contributed by atoms with Crippen molar-refractivity contribution in [3.8, 4) is 0 Å². The van der Waals surface area contributed by atoms with E-state index < -0.39 is 5.97 Å². The first-order valence-electron chi connectivity index (χ1n) is 10.4. The summed E-state index contributed by atoms with van der Waals surface area (Å²) < 4.78 is 5.71. The van der Waals surface area contributed by atoms with E-state index in [2.05, 4.69) is 18.2 Å². The van der Waals surface area contributed by atoms with Gasteiger partial charge in [-0.3, -0.25) is 0 Å². The van der Waals surface area contributed by atoms with Gasteiger partial charge >= 0.3 is 5.97 Å². The van der Waals surface area contributed by atoms with Gasteiger partial charge in [-0.25, -0.2) is 9.78 Å². The normalized spacial score (nSPS) is 14.0. The lowest BCUT2D eigenvalue weighted by Gasteiger charge is -2.13. The molecule has 1 heterocycles. The van der Waals surface area contributed by atoms with Crippen LogP contribution in [0, 0.1) is 0 Å². The number of benzene rings is 3. The lowest BCUT2D eigenvalue weighted by molar-refractivity contribution is 0.0474. The Morgan fingerprint density at radius 2 is 1.62 bits per heavy atom. The average molecular weight is 460 g/mol. The number of aromatic nitrogens is 1. The van der Waals surface area contributed by atoms with Crippen LogP contribution in [0.15, 0.2) is 72.8 Å². The quantitative estimate of drug-likeness (QED) is 0.298. The zero-order valence-electron chi connectivity index (χ0n) is 17.1. The van der Waals surface area contributed by atoms with Crippen LogP contribution in [0.1, 0.15) is 39.2 Å². The molecule has 3 aromatic carbocycles. The second-order valence-electron chi connectivity index (χ2n) is 7.69. The van der Waals surface area contributed by atoms with E-state index >= 15 is 0 Å². The van der Waals surface area contributed by atoms with Crippen LogP contribution in [-0.4, -0.2) is 11.0 Å². The Morgan fingerprint density at radius 3 is 2.41 bits per heavy atom. The molecule has 0 bridgehead atoms. The molecule has 1 aromatic heterocycles. The lowest BCUT2D eigenvalue weighted by atomic mass is 10.0. The minimum atomic E-state index is -0.392. The van der Waals surface area contributed by atoms with E-state index in [1.807, 2.05) is 42.5 Å². The maximum Gasteiger partial charge on any atom is 0.339 e. The molecule has 0 N–H and O–H groups in total. The van der Waals surface area contributed by atoms with Crippen LogP contribution in [0.3, 0.4) is 0 Å². The number of carbonyl (C=O) groups excluding carboxylic acids is 1. The Labute approximate surface area is 196 Å². The van der Waals surface area contributed by atoms with Gasteiger partial charge in [-0.15, -0.1) is 0 Å². The summed E-state index contributed by atoms with van der Waals surface area (Å²) in [6, 6.07) is 23.1. The number of halogens is 2. The van der Waals surface area contributed by atoms with Crippen molar-refractivity contribution in [2.75, 3.05) is 0 Å². The standard InChI is InChI=1S/C27H19Cl2NO2/c28-22-10-6-11-23(29)21(22)16-32-27(31)25-19-9-4-5-12-24(19)30-26-18(13-14-20(25)26)15-17-7-2-1-3-8-17/h1-12,15H,13-14,16H2. The van der Waals surface area contributed by atoms with Gasteiger partial charge in [-0.1, -0.05) is 77.8 Å². The van der Waals surface area contributed by atoms with Gasteiger partial charge in [-0.2, -0.15) is 0 Å². The zero-order chi connectivity index (χ0) is 22.1. The van der Waals surface area contributed by atoms with Crippen molar-refractivity contribution in [1.82, 2.24) is 4.98 Å². The van der Waals surface area contributed by atoms with Crippen LogP contribution < -0.4 is 0 Å². The summed E-state index contributed by atoms with van der Waals surface area (Å²) in [5, 5.41) is 1.74. The number of esters is 1. The van der Waals surface area contributed by atoms with E-state index in [-0.39, 0.29) is 6.61 Å². The fourth-order valence-corrected chi connectivity index (χ4v) is 4.65. The maximum atomic E-state index is 13.3. The highest BCUT2D eigenvalue weighted by Gasteiger charge is 2.27. The van der Waals surface area contributed by atoms with Crippen LogP contribution in [0.2, 0.25) is 10.0 Å². The van der Waals surface area contributed by atoms with Crippen molar-refractivity contribution in [3.63, 3.8) is 0 Å². The second-order valence-corrected chi connectivity index (χ2v) is 8.50. The summed E-state index contributed by atoms with van der Waals surface area (Å²) in [6.45, 7) is 0.00940. The number of para-hydroxylation sites is 1. The topological polar surface area (TPSA) is 39.2 Å². The molecule has 0 unspecified atom stereocenters. The number of allylic oxidation sites excluding steroid dienone is 1. The first kappa shape index (κ1) is 20.7. The molecular weight excluding hydrogens is 441 g/mol. The molecule has 0 amide bonds. The number of fused-ring (bicyclic) bond motifs is 2. The number of rotatable bonds is 4. The minimum Gasteiger partial charge on any atom is -0.457 e. The summed E-state index contributed by atoms with van der Waals surface area (Å²) in [6.07, 6.45) is 3.71. The zero-order valence-corrected chi connectivity index (χ0v) is 18.7. The third-order valence-corrected chi connectivity index (χ3v) is 6.40. The molecule has 0 saturated heterocycles. The van der Waals surface area contributed by atoms with Gasteiger partial charge in [-0.05, 0) is 53.8 Å².